The second-order valence-corrected chi connectivity index (χ2v) is 7.38. The van der Waals surface area contributed by atoms with Gasteiger partial charge in [0.25, 0.3) is 11.8 Å². The molecule has 1 aliphatic heterocycles. The normalized spacial score (nSPS) is 18.0. The van der Waals surface area contributed by atoms with Gasteiger partial charge in [-0.15, -0.1) is 0 Å². The van der Waals surface area contributed by atoms with E-state index in [1.807, 2.05) is 7.05 Å². The number of aryl methyl sites for hydroxylation is 1. The number of imidazole rings is 1. The summed E-state index contributed by atoms with van der Waals surface area (Å²) in [5.41, 5.74) is 6.25. The number of likely N-dealkylation sites (tertiary alicyclic amines) is 1. The number of rotatable bonds is 3. The van der Waals surface area contributed by atoms with Gasteiger partial charge in [0.15, 0.2) is 5.82 Å². The van der Waals surface area contributed by atoms with E-state index in [-0.39, 0.29) is 12.1 Å². The van der Waals surface area contributed by atoms with Crippen LogP contribution in [0.3, 0.4) is 0 Å². The first kappa shape index (κ1) is 20.3. The van der Waals surface area contributed by atoms with Gasteiger partial charge in [0, 0.05) is 38.2 Å². The maximum Gasteiger partial charge on any atom is 0.267 e. The highest BCUT2D eigenvalue weighted by Crippen LogP contribution is 2.24. The van der Waals surface area contributed by atoms with Crippen LogP contribution in [0.1, 0.15) is 22.5 Å². The molecule has 1 unspecified atom stereocenters. The molecule has 2 amide bonds. The van der Waals surface area contributed by atoms with Gasteiger partial charge in [0.1, 0.15) is 5.69 Å². The first-order chi connectivity index (χ1) is 14.8. The summed E-state index contributed by atoms with van der Waals surface area (Å²) in [5.74, 6) is 4.78. The molecule has 0 spiro atoms. The van der Waals surface area contributed by atoms with Crippen molar-refractivity contribution in [2.75, 3.05) is 13.6 Å². The SMILES string of the molecule is CN1CCC(O)(C#Cc2cccc(-c3nc(C(N)=O)cc(-c4cncn4C)n3)c2)C1=O. The topological polar surface area (TPSA) is 127 Å². The molecule has 3 heterocycles. The summed E-state index contributed by atoms with van der Waals surface area (Å²) in [7, 11) is 3.45. The quantitative estimate of drug-likeness (QED) is 0.602. The minimum atomic E-state index is -1.68. The van der Waals surface area contributed by atoms with Crippen LogP contribution in [0.15, 0.2) is 42.9 Å². The van der Waals surface area contributed by atoms with Gasteiger partial charge in [-0.3, -0.25) is 9.59 Å². The lowest BCUT2D eigenvalue weighted by Crippen LogP contribution is -2.37. The summed E-state index contributed by atoms with van der Waals surface area (Å²) in [4.78, 5) is 38.3. The summed E-state index contributed by atoms with van der Waals surface area (Å²) in [5, 5.41) is 10.5. The zero-order chi connectivity index (χ0) is 22.2. The Kier molecular flexibility index (Phi) is 5.01. The number of aromatic nitrogens is 4. The molecular weight excluding hydrogens is 396 g/mol. The maximum absolute atomic E-state index is 12.1. The van der Waals surface area contributed by atoms with Gasteiger partial charge in [-0.2, -0.15) is 0 Å². The number of aliphatic hydroxyl groups is 1. The molecule has 0 saturated carbocycles. The van der Waals surface area contributed by atoms with Crippen molar-refractivity contribution in [3.8, 4) is 34.6 Å². The van der Waals surface area contributed by atoms with Gasteiger partial charge < -0.3 is 20.3 Å². The minimum absolute atomic E-state index is 0.0755. The number of primary amides is 1. The molecule has 31 heavy (non-hydrogen) atoms. The van der Waals surface area contributed by atoms with Crippen LogP contribution in [0.4, 0.5) is 0 Å². The summed E-state index contributed by atoms with van der Waals surface area (Å²) in [6.07, 6.45) is 3.52. The first-order valence-corrected chi connectivity index (χ1v) is 9.54. The standard InChI is InChI=1S/C22H20N6O3/c1-27-9-8-22(31,21(27)30)7-6-14-4-3-5-15(10-14)20-25-16(11-17(26-20)19(23)29)18-12-24-13-28(18)2/h3-5,10-13,31H,8-9H2,1-2H3,(H2,23,29). The highest BCUT2D eigenvalue weighted by Gasteiger charge is 2.42. The molecule has 0 radical (unpaired) electrons. The fourth-order valence-corrected chi connectivity index (χ4v) is 3.32. The Labute approximate surface area is 178 Å². The molecule has 156 valence electrons. The molecule has 2 aromatic heterocycles. The molecule has 3 aromatic rings. The molecule has 1 saturated heterocycles. The van der Waals surface area contributed by atoms with E-state index in [2.05, 4.69) is 26.8 Å². The number of benzene rings is 1. The molecule has 4 rings (SSSR count). The van der Waals surface area contributed by atoms with Crippen LogP contribution >= 0.6 is 0 Å². The summed E-state index contributed by atoms with van der Waals surface area (Å²) in [6, 6.07) is 8.54. The Morgan fingerprint density at radius 3 is 2.71 bits per heavy atom. The number of carbonyl (C=O) groups excluding carboxylic acids is 2. The molecule has 3 N–H and O–H groups in total. The summed E-state index contributed by atoms with van der Waals surface area (Å²) >= 11 is 0. The average molecular weight is 416 g/mol. The van der Waals surface area contributed by atoms with Crippen LogP contribution in [-0.2, 0) is 11.8 Å². The van der Waals surface area contributed by atoms with E-state index in [1.54, 1.807) is 48.4 Å². The number of nitrogens with zero attached hydrogens (tertiary/aromatic N) is 5. The molecule has 9 nitrogen and oxygen atoms in total. The number of carbonyl (C=O) groups is 2. The third kappa shape index (κ3) is 3.89. The lowest BCUT2D eigenvalue weighted by Gasteiger charge is -2.13. The van der Waals surface area contributed by atoms with E-state index in [1.165, 1.54) is 11.0 Å². The van der Waals surface area contributed by atoms with Crippen molar-refractivity contribution in [1.29, 1.82) is 0 Å². The molecule has 0 aliphatic carbocycles. The van der Waals surface area contributed by atoms with E-state index in [0.29, 0.717) is 34.9 Å². The zero-order valence-corrected chi connectivity index (χ0v) is 17.0. The van der Waals surface area contributed by atoms with E-state index in [0.717, 1.165) is 0 Å². The number of hydrogen-bond acceptors (Lipinski definition) is 6. The molecule has 1 fully saturated rings. The zero-order valence-electron chi connectivity index (χ0n) is 17.0. The molecule has 1 aromatic carbocycles. The predicted molar refractivity (Wildman–Crippen MR) is 112 cm³/mol. The Balaban J connectivity index is 1.74. The molecular formula is C22H20N6O3. The second-order valence-electron chi connectivity index (χ2n) is 7.38. The van der Waals surface area contributed by atoms with Crippen LogP contribution in [0.2, 0.25) is 0 Å². The second kappa shape index (κ2) is 7.66. The number of likely N-dealkylation sites (N-methyl/N-ethyl adjacent to an activating group) is 1. The fraction of sp³-hybridized carbons (Fsp3) is 0.227. The van der Waals surface area contributed by atoms with E-state index in [9.17, 15) is 14.7 Å². The third-order valence-electron chi connectivity index (χ3n) is 5.10. The van der Waals surface area contributed by atoms with Crippen molar-refractivity contribution in [2.24, 2.45) is 12.8 Å². The maximum atomic E-state index is 12.1. The largest absolute Gasteiger partial charge is 0.369 e. The van der Waals surface area contributed by atoms with Gasteiger partial charge in [-0.05, 0) is 18.2 Å². The van der Waals surface area contributed by atoms with E-state index >= 15 is 0 Å². The van der Waals surface area contributed by atoms with Crippen molar-refractivity contribution in [3.05, 3.63) is 54.1 Å². The van der Waals surface area contributed by atoms with Crippen LogP contribution in [0.25, 0.3) is 22.8 Å². The Morgan fingerprint density at radius 1 is 1.26 bits per heavy atom. The predicted octanol–water partition coefficient (Wildman–Crippen LogP) is 0.588. The monoisotopic (exact) mass is 416 g/mol. The van der Waals surface area contributed by atoms with E-state index < -0.39 is 17.4 Å². The summed E-state index contributed by atoms with van der Waals surface area (Å²) < 4.78 is 1.77. The van der Waals surface area contributed by atoms with Gasteiger partial charge in [0.2, 0.25) is 5.60 Å². The number of hydrogen-bond donors (Lipinski definition) is 2. The van der Waals surface area contributed by atoms with Gasteiger partial charge in [-0.1, -0.05) is 24.0 Å². The van der Waals surface area contributed by atoms with Crippen LogP contribution in [-0.4, -0.2) is 60.5 Å². The molecule has 9 heteroatoms. The molecule has 0 bridgehead atoms. The number of amides is 2. The average Bonchev–Trinajstić information content (AvgIpc) is 3.31. The van der Waals surface area contributed by atoms with E-state index in [4.69, 9.17) is 5.73 Å². The van der Waals surface area contributed by atoms with Crippen molar-refractivity contribution in [3.63, 3.8) is 0 Å². The molecule has 1 aliphatic rings. The minimum Gasteiger partial charge on any atom is -0.369 e. The Hall–Kier alpha value is -4.03. The van der Waals surface area contributed by atoms with Crippen molar-refractivity contribution >= 4 is 11.8 Å². The van der Waals surface area contributed by atoms with Crippen LogP contribution in [0.5, 0.6) is 0 Å². The first-order valence-electron chi connectivity index (χ1n) is 9.54. The smallest absolute Gasteiger partial charge is 0.267 e. The van der Waals surface area contributed by atoms with Crippen molar-refractivity contribution in [2.45, 2.75) is 12.0 Å². The van der Waals surface area contributed by atoms with Crippen molar-refractivity contribution in [1.82, 2.24) is 24.4 Å². The molecule has 1 atom stereocenters. The number of nitrogens with two attached hydrogens (primary N) is 1. The third-order valence-corrected chi connectivity index (χ3v) is 5.10. The van der Waals surface area contributed by atoms with Crippen LogP contribution in [0, 0.1) is 11.8 Å². The highest BCUT2D eigenvalue weighted by atomic mass is 16.3. The van der Waals surface area contributed by atoms with Crippen molar-refractivity contribution < 1.29 is 14.7 Å². The van der Waals surface area contributed by atoms with Crippen LogP contribution < -0.4 is 5.73 Å². The Bertz CT molecular complexity index is 1260. The summed E-state index contributed by atoms with van der Waals surface area (Å²) in [6.45, 7) is 0.453. The fourth-order valence-electron chi connectivity index (χ4n) is 3.32. The highest BCUT2D eigenvalue weighted by molar-refractivity contribution is 5.92. The van der Waals surface area contributed by atoms with Gasteiger partial charge >= 0.3 is 0 Å². The Morgan fingerprint density at radius 2 is 2.06 bits per heavy atom. The lowest BCUT2D eigenvalue weighted by atomic mass is 10.0. The van der Waals surface area contributed by atoms with Gasteiger partial charge in [-0.25, -0.2) is 15.0 Å². The lowest BCUT2D eigenvalue weighted by molar-refractivity contribution is -0.137. The van der Waals surface area contributed by atoms with Gasteiger partial charge in [0.05, 0.1) is 23.9 Å².